The molecule has 4 heterocycles. The summed E-state index contributed by atoms with van der Waals surface area (Å²) in [6, 6.07) is 6.96. The Morgan fingerprint density at radius 3 is 2.62 bits per heavy atom. The Kier molecular flexibility index (Phi) is 6.10. The second-order valence-corrected chi connectivity index (χ2v) is 10.8. The number of rotatable bonds is 4. The summed E-state index contributed by atoms with van der Waals surface area (Å²) in [6.45, 7) is 3.21. The molecule has 2 aliphatic heterocycles. The first-order chi connectivity index (χ1) is 14.0. The number of aromatic nitrogens is 1. The molecule has 29 heavy (non-hydrogen) atoms. The largest absolute Gasteiger partial charge is 0.352 e. The quantitative estimate of drug-likeness (QED) is 0.709. The first-order valence-electron chi connectivity index (χ1n) is 9.65. The molecular weight excluding hydrogens is 432 g/mol. The highest BCUT2D eigenvalue weighted by Crippen LogP contribution is 2.28. The van der Waals surface area contributed by atoms with Gasteiger partial charge in [0.05, 0.1) is 10.9 Å². The molecule has 1 atom stereocenters. The van der Waals surface area contributed by atoms with E-state index in [-0.39, 0.29) is 18.4 Å². The number of carbonyl (C=O) groups is 1. The van der Waals surface area contributed by atoms with Gasteiger partial charge in [0.25, 0.3) is 10.0 Å². The van der Waals surface area contributed by atoms with Gasteiger partial charge in [-0.3, -0.25) is 4.79 Å². The number of hydrogen-bond donors (Lipinski definition) is 0. The minimum atomic E-state index is -3.52. The Morgan fingerprint density at radius 2 is 1.93 bits per heavy atom. The van der Waals surface area contributed by atoms with Crippen molar-refractivity contribution in [3.8, 4) is 0 Å². The highest BCUT2D eigenvalue weighted by atomic mass is 35.5. The Labute approximate surface area is 179 Å². The fourth-order valence-electron chi connectivity index (χ4n) is 3.91. The molecule has 0 aliphatic carbocycles. The molecule has 2 aromatic heterocycles. The van der Waals surface area contributed by atoms with Crippen LogP contribution in [-0.4, -0.2) is 67.8 Å². The number of amides is 1. The zero-order chi connectivity index (χ0) is 20.4. The summed E-state index contributed by atoms with van der Waals surface area (Å²) in [4.78, 5) is 21.3. The van der Waals surface area contributed by atoms with Crippen LogP contribution < -0.4 is 4.90 Å². The molecular formula is C19H23ClN4O3S2. The minimum Gasteiger partial charge on any atom is -0.352 e. The molecule has 0 radical (unpaired) electrons. The van der Waals surface area contributed by atoms with E-state index in [0.717, 1.165) is 12.2 Å². The van der Waals surface area contributed by atoms with Gasteiger partial charge in [0.1, 0.15) is 10.0 Å². The van der Waals surface area contributed by atoms with Crippen molar-refractivity contribution >= 4 is 44.7 Å². The van der Waals surface area contributed by atoms with Crippen LogP contribution in [0.2, 0.25) is 5.02 Å². The monoisotopic (exact) mass is 454 g/mol. The Hall–Kier alpha value is -1.68. The highest BCUT2D eigenvalue weighted by Gasteiger charge is 2.36. The zero-order valence-corrected chi connectivity index (χ0v) is 18.3. The van der Waals surface area contributed by atoms with Gasteiger partial charge in [-0.2, -0.15) is 4.31 Å². The van der Waals surface area contributed by atoms with E-state index in [0.29, 0.717) is 48.4 Å². The van der Waals surface area contributed by atoms with Crippen LogP contribution in [0.25, 0.3) is 0 Å². The van der Waals surface area contributed by atoms with Crippen LogP contribution in [0.3, 0.4) is 0 Å². The number of anilines is 1. The predicted molar refractivity (Wildman–Crippen MR) is 114 cm³/mol. The summed E-state index contributed by atoms with van der Waals surface area (Å²) >= 11 is 7.45. The van der Waals surface area contributed by atoms with Crippen LogP contribution in [0.1, 0.15) is 12.8 Å². The fraction of sp³-hybridized carbons (Fsp3) is 0.474. The molecule has 7 nitrogen and oxygen atoms in total. The van der Waals surface area contributed by atoms with Gasteiger partial charge in [0.15, 0.2) is 0 Å². The molecule has 2 aromatic rings. The van der Waals surface area contributed by atoms with Gasteiger partial charge in [0.2, 0.25) is 5.91 Å². The van der Waals surface area contributed by atoms with Gasteiger partial charge in [0, 0.05) is 45.5 Å². The lowest BCUT2D eigenvalue weighted by molar-refractivity contribution is -0.137. The predicted octanol–water partition coefficient (Wildman–Crippen LogP) is 2.55. The summed E-state index contributed by atoms with van der Waals surface area (Å²) < 4.78 is 27.4. The summed E-state index contributed by atoms with van der Waals surface area (Å²) in [5, 5.41) is 2.36. The van der Waals surface area contributed by atoms with Crippen LogP contribution >= 0.6 is 22.9 Å². The van der Waals surface area contributed by atoms with Crippen molar-refractivity contribution in [2.75, 3.05) is 44.2 Å². The summed E-state index contributed by atoms with van der Waals surface area (Å²) in [5.41, 5.74) is 0. The first-order valence-corrected chi connectivity index (χ1v) is 12.3. The van der Waals surface area contributed by atoms with E-state index in [1.165, 1.54) is 15.6 Å². The third-order valence-electron chi connectivity index (χ3n) is 5.45. The topological polar surface area (TPSA) is 73.8 Å². The summed E-state index contributed by atoms with van der Waals surface area (Å²) in [5.74, 6) is 0.499. The van der Waals surface area contributed by atoms with E-state index in [1.54, 1.807) is 29.8 Å². The maximum atomic E-state index is 13.1. The van der Waals surface area contributed by atoms with Crippen molar-refractivity contribution in [1.82, 2.24) is 14.2 Å². The number of pyridine rings is 1. The number of carbonyl (C=O) groups excluding carboxylic acids is 1. The fourth-order valence-corrected chi connectivity index (χ4v) is 6.82. The second kappa shape index (κ2) is 8.59. The van der Waals surface area contributed by atoms with Crippen LogP contribution in [-0.2, 0) is 14.8 Å². The Balaban J connectivity index is 1.38. The standard InChI is InChI=1S/C19H23ClN4O3S2/c20-16-5-1-7-21-18(16)22-9-11-23(12-10-22)19(25)15-4-2-8-24(14-15)29(26,27)17-6-3-13-28-17/h1,3,5-7,13,15H,2,4,8-12,14H2. The van der Waals surface area contributed by atoms with Gasteiger partial charge < -0.3 is 9.80 Å². The average Bonchev–Trinajstić information content (AvgIpc) is 3.30. The van der Waals surface area contributed by atoms with Gasteiger partial charge in [-0.25, -0.2) is 13.4 Å². The van der Waals surface area contributed by atoms with Crippen molar-refractivity contribution < 1.29 is 13.2 Å². The maximum Gasteiger partial charge on any atom is 0.252 e. The van der Waals surface area contributed by atoms with Gasteiger partial charge in [-0.05, 0) is 36.4 Å². The van der Waals surface area contributed by atoms with Crippen molar-refractivity contribution in [1.29, 1.82) is 0 Å². The number of piperidine rings is 1. The molecule has 0 saturated carbocycles. The van der Waals surface area contributed by atoms with Gasteiger partial charge in [-0.15, -0.1) is 11.3 Å². The number of piperazine rings is 1. The van der Waals surface area contributed by atoms with Crippen LogP contribution in [0.15, 0.2) is 40.1 Å². The van der Waals surface area contributed by atoms with Crippen LogP contribution in [0, 0.1) is 5.92 Å². The molecule has 10 heteroatoms. The smallest absolute Gasteiger partial charge is 0.252 e. The summed E-state index contributed by atoms with van der Waals surface area (Å²) in [7, 11) is -3.52. The van der Waals surface area contributed by atoms with Crippen LogP contribution in [0.4, 0.5) is 5.82 Å². The molecule has 0 spiro atoms. The van der Waals surface area contributed by atoms with Crippen molar-refractivity contribution in [2.24, 2.45) is 5.92 Å². The van der Waals surface area contributed by atoms with Crippen molar-refractivity contribution in [3.05, 3.63) is 40.9 Å². The maximum absolute atomic E-state index is 13.1. The molecule has 2 fully saturated rings. The lowest BCUT2D eigenvalue weighted by Crippen LogP contribution is -2.53. The molecule has 1 unspecified atom stereocenters. The number of halogens is 1. The van der Waals surface area contributed by atoms with E-state index >= 15 is 0 Å². The molecule has 0 aromatic carbocycles. The molecule has 4 rings (SSSR count). The molecule has 0 bridgehead atoms. The molecule has 156 valence electrons. The van der Waals surface area contributed by atoms with Gasteiger partial charge >= 0.3 is 0 Å². The third-order valence-corrected chi connectivity index (χ3v) is 8.99. The number of sulfonamides is 1. The zero-order valence-electron chi connectivity index (χ0n) is 15.9. The Bertz CT molecular complexity index is 960. The lowest BCUT2D eigenvalue weighted by atomic mass is 9.98. The average molecular weight is 455 g/mol. The van der Waals surface area contributed by atoms with E-state index in [9.17, 15) is 13.2 Å². The normalized spacial score (nSPS) is 21.3. The third kappa shape index (κ3) is 4.28. The lowest BCUT2D eigenvalue weighted by Gasteiger charge is -2.39. The van der Waals surface area contributed by atoms with E-state index in [1.807, 2.05) is 11.0 Å². The molecule has 2 saturated heterocycles. The number of hydrogen-bond acceptors (Lipinski definition) is 6. The van der Waals surface area contributed by atoms with E-state index in [4.69, 9.17) is 11.6 Å². The van der Waals surface area contributed by atoms with E-state index < -0.39 is 10.0 Å². The summed E-state index contributed by atoms with van der Waals surface area (Å²) in [6.07, 6.45) is 3.13. The molecule has 2 aliphatic rings. The Morgan fingerprint density at radius 1 is 1.14 bits per heavy atom. The van der Waals surface area contributed by atoms with Crippen molar-refractivity contribution in [2.45, 2.75) is 17.1 Å². The minimum absolute atomic E-state index is 0.0443. The van der Waals surface area contributed by atoms with Gasteiger partial charge in [-0.1, -0.05) is 17.7 Å². The highest BCUT2D eigenvalue weighted by molar-refractivity contribution is 7.91. The second-order valence-electron chi connectivity index (χ2n) is 7.26. The first kappa shape index (κ1) is 20.6. The molecule has 0 N–H and O–H groups in total. The molecule has 1 amide bonds. The van der Waals surface area contributed by atoms with Crippen molar-refractivity contribution in [3.63, 3.8) is 0 Å². The van der Waals surface area contributed by atoms with Crippen LogP contribution in [0.5, 0.6) is 0 Å². The number of thiophene rings is 1. The number of nitrogens with zero attached hydrogens (tertiary/aromatic N) is 4. The SMILES string of the molecule is O=C(C1CCCN(S(=O)(=O)c2cccs2)C1)N1CCN(c2ncccc2Cl)CC1. The van der Waals surface area contributed by atoms with E-state index in [2.05, 4.69) is 9.88 Å².